The van der Waals surface area contributed by atoms with Gasteiger partial charge >= 0.3 is 0 Å². The Labute approximate surface area is 87.2 Å². The molecule has 4 heteroatoms. The molecule has 0 radical (unpaired) electrons. The van der Waals surface area contributed by atoms with Crippen molar-refractivity contribution in [1.82, 2.24) is 0 Å². The number of benzene rings is 1. The van der Waals surface area contributed by atoms with Gasteiger partial charge in [-0.2, -0.15) is 0 Å². The van der Waals surface area contributed by atoms with Gasteiger partial charge in [0.25, 0.3) is 0 Å². The molecule has 0 aliphatic carbocycles. The van der Waals surface area contributed by atoms with E-state index in [9.17, 15) is 9.59 Å². The second kappa shape index (κ2) is 5.05. The predicted octanol–water partition coefficient (Wildman–Crippen LogP) is 1.68. The van der Waals surface area contributed by atoms with Crippen LogP contribution < -0.4 is 0 Å². The number of oxime groups is 1. The fraction of sp³-hybridized carbons (Fsp3) is 0.182. The van der Waals surface area contributed by atoms with Crippen LogP contribution in [-0.4, -0.2) is 22.5 Å². The van der Waals surface area contributed by atoms with Gasteiger partial charge in [-0.05, 0) is 0 Å². The van der Waals surface area contributed by atoms with Crippen LogP contribution in [0.2, 0.25) is 0 Å². The Bertz CT molecular complexity index is 396. The average molecular weight is 205 g/mol. The predicted molar refractivity (Wildman–Crippen MR) is 55.3 cm³/mol. The van der Waals surface area contributed by atoms with Crippen LogP contribution >= 0.6 is 0 Å². The van der Waals surface area contributed by atoms with Gasteiger partial charge < -0.3 is 5.21 Å². The Morgan fingerprint density at radius 1 is 1.27 bits per heavy atom. The molecule has 1 rings (SSSR count). The van der Waals surface area contributed by atoms with Crippen LogP contribution in [0, 0.1) is 0 Å². The molecule has 0 bridgehead atoms. The van der Waals surface area contributed by atoms with Crippen molar-refractivity contribution < 1.29 is 14.8 Å². The van der Waals surface area contributed by atoms with Crippen molar-refractivity contribution in [1.29, 1.82) is 0 Å². The topological polar surface area (TPSA) is 66.7 Å². The zero-order valence-electron chi connectivity index (χ0n) is 8.30. The summed E-state index contributed by atoms with van der Waals surface area (Å²) in [5.74, 6) is -1.02. The molecule has 0 aromatic heterocycles. The largest absolute Gasteiger partial charge is 0.410 e. The SMILES string of the molecule is CCC(=O)C(=NO)C(=O)c1ccccc1. The lowest BCUT2D eigenvalue weighted by atomic mass is 10.0. The van der Waals surface area contributed by atoms with Crippen LogP contribution in [0.1, 0.15) is 23.7 Å². The molecule has 0 aliphatic heterocycles. The summed E-state index contributed by atoms with van der Waals surface area (Å²) in [5, 5.41) is 11.4. The molecule has 1 aromatic rings. The number of carbonyl (C=O) groups is 2. The molecule has 0 saturated heterocycles. The lowest BCUT2D eigenvalue weighted by Crippen LogP contribution is -2.23. The summed E-state index contributed by atoms with van der Waals surface area (Å²) in [4.78, 5) is 22.9. The van der Waals surface area contributed by atoms with Gasteiger partial charge in [0.2, 0.25) is 5.78 Å². The molecule has 1 aromatic carbocycles. The number of ketones is 2. The molecule has 1 N–H and O–H groups in total. The summed E-state index contributed by atoms with van der Waals surface area (Å²) in [5.41, 5.74) is -0.0733. The highest BCUT2D eigenvalue weighted by Crippen LogP contribution is 2.03. The first kappa shape index (κ1) is 11.1. The zero-order valence-corrected chi connectivity index (χ0v) is 8.30. The van der Waals surface area contributed by atoms with Crippen LogP contribution in [-0.2, 0) is 4.79 Å². The lowest BCUT2D eigenvalue weighted by Gasteiger charge is -2.00. The maximum atomic E-state index is 11.7. The Balaban J connectivity index is 2.99. The Kier molecular flexibility index (Phi) is 3.74. The van der Waals surface area contributed by atoms with Crippen molar-refractivity contribution in [2.24, 2.45) is 5.16 Å². The van der Waals surface area contributed by atoms with Crippen molar-refractivity contribution in [2.45, 2.75) is 13.3 Å². The molecule has 0 heterocycles. The van der Waals surface area contributed by atoms with E-state index in [2.05, 4.69) is 5.16 Å². The minimum atomic E-state index is -0.551. The molecule has 0 spiro atoms. The molecule has 0 fully saturated rings. The Morgan fingerprint density at radius 2 is 1.87 bits per heavy atom. The van der Waals surface area contributed by atoms with Gasteiger partial charge in [0.15, 0.2) is 11.5 Å². The van der Waals surface area contributed by atoms with E-state index in [1.165, 1.54) is 0 Å². The van der Waals surface area contributed by atoms with Crippen molar-refractivity contribution in [3.8, 4) is 0 Å². The normalized spacial score (nSPS) is 11.1. The van der Waals surface area contributed by atoms with E-state index in [0.29, 0.717) is 5.56 Å². The van der Waals surface area contributed by atoms with Crippen molar-refractivity contribution in [2.75, 3.05) is 0 Å². The van der Waals surface area contributed by atoms with Gasteiger partial charge in [0.05, 0.1) is 0 Å². The highest BCUT2D eigenvalue weighted by atomic mass is 16.4. The van der Waals surface area contributed by atoms with Crippen molar-refractivity contribution in [3.63, 3.8) is 0 Å². The first-order valence-corrected chi connectivity index (χ1v) is 4.55. The standard InChI is InChI=1S/C11H11NO3/c1-2-9(13)10(12-15)11(14)8-6-4-3-5-7-8/h3-7,15H,2H2,1H3. The second-order valence-electron chi connectivity index (χ2n) is 2.92. The third-order valence-corrected chi connectivity index (χ3v) is 1.94. The quantitative estimate of drug-likeness (QED) is 0.267. The minimum Gasteiger partial charge on any atom is -0.410 e. The minimum absolute atomic E-state index is 0.137. The third kappa shape index (κ3) is 2.49. The van der Waals surface area contributed by atoms with E-state index in [-0.39, 0.29) is 6.42 Å². The number of rotatable bonds is 4. The molecule has 15 heavy (non-hydrogen) atoms. The van der Waals surface area contributed by atoms with Crippen LogP contribution in [0.4, 0.5) is 0 Å². The Morgan fingerprint density at radius 3 is 2.33 bits per heavy atom. The summed E-state index contributed by atoms with van der Waals surface area (Å²) in [6.07, 6.45) is 0.137. The number of hydrogen-bond acceptors (Lipinski definition) is 4. The molecular weight excluding hydrogens is 194 g/mol. The fourth-order valence-corrected chi connectivity index (χ4v) is 1.12. The highest BCUT2D eigenvalue weighted by molar-refractivity contribution is 6.69. The summed E-state index contributed by atoms with van der Waals surface area (Å²) in [7, 11) is 0. The smallest absolute Gasteiger partial charge is 0.218 e. The summed E-state index contributed by atoms with van der Waals surface area (Å²) in [6, 6.07) is 8.25. The molecular formula is C11H11NO3. The molecule has 4 nitrogen and oxygen atoms in total. The summed E-state index contributed by atoms with van der Waals surface area (Å²) < 4.78 is 0. The molecule has 0 amide bonds. The van der Waals surface area contributed by atoms with E-state index in [4.69, 9.17) is 5.21 Å². The van der Waals surface area contributed by atoms with Crippen LogP contribution in [0.3, 0.4) is 0 Å². The van der Waals surface area contributed by atoms with Gasteiger partial charge in [-0.15, -0.1) is 0 Å². The van der Waals surface area contributed by atoms with Crippen LogP contribution in [0.25, 0.3) is 0 Å². The number of hydrogen-bond donors (Lipinski definition) is 1. The van der Waals surface area contributed by atoms with Gasteiger partial charge in [0, 0.05) is 12.0 Å². The first-order valence-electron chi connectivity index (χ1n) is 4.55. The van der Waals surface area contributed by atoms with Crippen LogP contribution in [0.15, 0.2) is 35.5 Å². The third-order valence-electron chi connectivity index (χ3n) is 1.94. The number of Topliss-reactive ketones (excluding diaryl/α,β-unsaturated/α-hetero) is 2. The molecule has 0 unspecified atom stereocenters. The summed E-state index contributed by atoms with van der Waals surface area (Å²) >= 11 is 0. The molecule has 0 atom stereocenters. The molecule has 0 aliphatic rings. The molecule has 0 saturated carbocycles. The van der Waals surface area contributed by atoms with E-state index < -0.39 is 17.3 Å². The average Bonchev–Trinajstić information content (AvgIpc) is 2.30. The maximum Gasteiger partial charge on any atom is 0.218 e. The van der Waals surface area contributed by atoms with E-state index in [1.807, 2.05) is 0 Å². The zero-order chi connectivity index (χ0) is 11.3. The monoisotopic (exact) mass is 205 g/mol. The maximum absolute atomic E-state index is 11.7. The highest BCUT2D eigenvalue weighted by Gasteiger charge is 2.20. The van der Waals surface area contributed by atoms with E-state index >= 15 is 0 Å². The number of carbonyl (C=O) groups excluding carboxylic acids is 2. The lowest BCUT2D eigenvalue weighted by molar-refractivity contribution is -0.112. The van der Waals surface area contributed by atoms with Crippen molar-refractivity contribution >= 4 is 17.3 Å². The Hall–Kier alpha value is -1.97. The van der Waals surface area contributed by atoms with Gasteiger partial charge in [0.1, 0.15) is 0 Å². The van der Waals surface area contributed by atoms with Gasteiger partial charge in [-0.3, -0.25) is 9.59 Å². The number of nitrogens with zero attached hydrogens (tertiary/aromatic N) is 1. The van der Waals surface area contributed by atoms with Gasteiger partial charge in [-0.1, -0.05) is 42.4 Å². The molecule has 78 valence electrons. The fourth-order valence-electron chi connectivity index (χ4n) is 1.12. The van der Waals surface area contributed by atoms with E-state index in [1.54, 1.807) is 37.3 Å². The first-order chi connectivity index (χ1) is 7.20. The second-order valence-corrected chi connectivity index (χ2v) is 2.92. The van der Waals surface area contributed by atoms with Crippen molar-refractivity contribution in [3.05, 3.63) is 35.9 Å². The summed E-state index contributed by atoms with van der Waals surface area (Å²) in [6.45, 7) is 1.60. The van der Waals surface area contributed by atoms with E-state index in [0.717, 1.165) is 0 Å². The van der Waals surface area contributed by atoms with Crippen LogP contribution in [0.5, 0.6) is 0 Å². The van der Waals surface area contributed by atoms with Gasteiger partial charge in [-0.25, -0.2) is 0 Å².